The van der Waals surface area contributed by atoms with Gasteiger partial charge in [0, 0.05) is 10.0 Å². The van der Waals surface area contributed by atoms with Crippen molar-refractivity contribution in [2.75, 3.05) is 27.9 Å². The van der Waals surface area contributed by atoms with Gasteiger partial charge in [-0.3, -0.25) is 9.59 Å². The Hall–Kier alpha value is -4.38. The second-order valence-electron chi connectivity index (χ2n) is 7.35. The first-order chi connectivity index (χ1) is 17.8. The topological polar surface area (TPSA) is 125 Å². The van der Waals surface area contributed by atoms with Crippen molar-refractivity contribution in [2.45, 2.75) is 0 Å². The molecule has 2 N–H and O–H groups in total. The molecule has 3 aromatic rings. The molecule has 0 heterocycles. The maximum absolute atomic E-state index is 12.4. The van der Waals surface area contributed by atoms with E-state index < -0.39 is 17.8 Å². The predicted octanol–water partition coefficient (Wildman–Crippen LogP) is 3.57. The van der Waals surface area contributed by atoms with E-state index in [-0.39, 0.29) is 12.3 Å². The minimum Gasteiger partial charge on any atom is -0.493 e. The molecule has 0 bridgehead atoms. The molecule has 0 radical (unpaired) electrons. The number of rotatable bonds is 10. The Morgan fingerprint density at radius 1 is 0.811 bits per heavy atom. The molecule has 0 saturated heterocycles. The standard InChI is InChI=1S/C26H24BrN3O7/c1-34-20-11-7-18(13-23(20)36-3)25(32)28-15-24(31)30-29-14-16-4-10-21(22(12-16)35-2)37-26(33)17-5-8-19(27)9-6-17/h4-14H,15H2,1-3H3,(H,28,32)(H,30,31)/b29-14-. The van der Waals surface area contributed by atoms with Crippen LogP contribution >= 0.6 is 15.9 Å². The van der Waals surface area contributed by atoms with Gasteiger partial charge < -0.3 is 24.3 Å². The van der Waals surface area contributed by atoms with Crippen LogP contribution in [0, 0.1) is 0 Å². The van der Waals surface area contributed by atoms with Gasteiger partial charge in [-0.15, -0.1) is 0 Å². The number of ether oxygens (including phenoxy) is 4. The third kappa shape index (κ3) is 7.55. The average Bonchev–Trinajstić information content (AvgIpc) is 2.92. The maximum Gasteiger partial charge on any atom is 0.343 e. The van der Waals surface area contributed by atoms with Crippen molar-refractivity contribution in [1.82, 2.24) is 10.7 Å². The summed E-state index contributed by atoms with van der Waals surface area (Å²) in [4.78, 5) is 36.8. The van der Waals surface area contributed by atoms with Crippen LogP contribution in [0.2, 0.25) is 0 Å². The van der Waals surface area contributed by atoms with Crippen LogP contribution in [0.25, 0.3) is 0 Å². The molecule has 0 aliphatic carbocycles. The van der Waals surface area contributed by atoms with E-state index >= 15 is 0 Å². The number of carbonyl (C=O) groups excluding carboxylic acids is 3. The summed E-state index contributed by atoms with van der Waals surface area (Å²) in [5.74, 6) is -0.102. The van der Waals surface area contributed by atoms with E-state index in [1.807, 2.05) is 0 Å². The number of hydrogen-bond acceptors (Lipinski definition) is 8. The Kier molecular flexibility index (Phi) is 9.61. The molecule has 0 fully saturated rings. The molecule has 2 amide bonds. The number of methoxy groups -OCH3 is 3. The fourth-order valence-electron chi connectivity index (χ4n) is 3.05. The van der Waals surface area contributed by atoms with Gasteiger partial charge in [-0.25, -0.2) is 10.2 Å². The van der Waals surface area contributed by atoms with Crippen LogP contribution in [0.1, 0.15) is 26.3 Å². The monoisotopic (exact) mass is 569 g/mol. The number of hydrazone groups is 1. The summed E-state index contributed by atoms with van der Waals surface area (Å²) in [5, 5.41) is 6.39. The van der Waals surface area contributed by atoms with E-state index in [0.29, 0.717) is 33.9 Å². The first-order valence-corrected chi connectivity index (χ1v) is 11.6. The molecule has 0 unspecified atom stereocenters. The van der Waals surface area contributed by atoms with Gasteiger partial charge in [0.2, 0.25) is 0 Å². The summed E-state index contributed by atoms with van der Waals surface area (Å²) < 4.78 is 21.9. The number of amides is 2. The van der Waals surface area contributed by atoms with Gasteiger partial charge in [0.25, 0.3) is 11.8 Å². The molecule has 37 heavy (non-hydrogen) atoms. The van der Waals surface area contributed by atoms with Crippen LogP contribution in [0.5, 0.6) is 23.0 Å². The largest absolute Gasteiger partial charge is 0.493 e. The van der Waals surface area contributed by atoms with Crippen molar-refractivity contribution in [3.8, 4) is 23.0 Å². The molecule has 0 aliphatic rings. The lowest BCUT2D eigenvalue weighted by Crippen LogP contribution is -2.34. The highest BCUT2D eigenvalue weighted by Crippen LogP contribution is 2.29. The highest BCUT2D eigenvalue weighted by molar-refractivity contribution is 9.10. The molecule has 3 aromatic carbocycles. The summed E-state index contributed by atoms with van der Waals surface area (Å²) in [6, 6.07) is 16.2. The summed E-state index contributed by atoms with van der Waals surface area (Å²) >= 11 is 3.32. The van der Waals surface area contributed by atoms with E-state index in [2.05, 4.69) is 31.8 Å². The number of carbonyl (C=O) groups is 3. The van der Waals surface area contributed by atoms with Gasteiger partial charge in [0.1, 0.15) is 0 Å². The Labute approximate surface area is 221 Å². The zero-order valence-corrected chi connectivity index (χ0v) is 21.8. The third-order valence-corrected chi connectivity index (χ3v) is 5.46. The number of hydrogen-bond donors (Lipinski definition) is 2. The molecule has 11 heteroatoms. The lowest BCUT2D eigenvalue weighted by molar-refractivity contribution is -0.120. The molecular formula is C26H24BrN3O7. The fraction of sp³-hybridized carbons (Fsp3) is 0.154. The van der Waals surface area contributed by atoms with Crippen molar-refractivity contribution in [1.29, 1.82) is 0 Å². The highest BCUT2D eigenvalue weighted by atomic mass is 79.9. The Balaban J connectivity index is 1.54. The van der Waals surface area contributed by atoms with E-state index in [9.17, 15) is 14.4 Å². The van der Waals surface area contributed by atoms with Gasteiger partial charge in [-0.1, -0.05) is 15.9 Å². The number of nitrogens with zero attached hydrogens (tertiary/aromatic N) is 1. The van der Waals surface area contributed by atoms with Crippen molar-refractivity contribution in [3.05, 3.63) is 81.8 Å². The average molecular weight is 570 g/mol. The summed E-state index contributed by atoms with van der Waals surface area (Å²) in [7, 11) is 4.40. The lowest BCUT2D eigenvalue weighted by Gasteiger charge is -2.10. The van der Waals surface area contributed by atoms with Crippen molar-refractivity contribution < 1.29 is 33.3 Å². The summed E-state index contributed by atoms with van der Waals surface area (Å²) in [5.41, 5.74) is 3.60. The number of halogens is 1. The smallest absolute Gasteiger partial charge is 0.343 e. The molecule has 10 nitrogen and oxygen atoms in total. The van der Waals surface area contributed by atoms with Gasteiger partial charge >= 0.3 is 5.97 Å². The van der Waals surface area contributed by atoms with Gasteiger partial charge in [0.15, 0.2) is 23.0 Å². The molecule has 192 valence electrons. The first kappa shape index (κ1) is 27.2. The van der Waals surface area contributed by atoms with Crippen LogP contribution in [0.15, 0.2) is 70.2 Å². The van der Waals surface area contributed by atoms with Crippen LogP contribution < -0.4 is 29.7 Å². The number of nitrogens with one attached hydrogen (secondary N) is 2. The highest BCUT2D eigenvalue weighted by Gasteiger charge is 2.14. The lowest BCUT2D eigenvalue weighted by atomic mass is 10.2. The van der Waals surface area contributed by atoms with E-state index in [4.69, 9.17) is 18.9 Å². The van der Waals surface area contributed by atoms with Crippen molar-refractivity contribution in [2.24, 2.45) is 5.10 Å². The van der Waals surface area contributed by atoms with Crippen LogP contribution in [-0.4, -0.2) is 51.9 Å². The van der Waals surface area contributed by atoms with Gasteiger partial charge in [-0.05, 0) is 66.2 Å². The SMILES string of the molecule is COc1ccc(C(=O)NCC(=O)N/N=C\c2ccc(OC(=O)c3ccc(Br)cc3)c(OC)c2)cc1OC. The zero-order valence-electron chi connectivity index (χ0n) is 20.2. The molecule has 0 aromatic heterocycles. The third-order valence-electron chi connectivity index (χ3n) is 4.93. The van der Waals surface area contributed by atoms with Gasteiger partial charge in [-0.2, -0.15) is 5.10 Å². The molecule has 0 spiro atoms. The van der Waals surface area contributed by atoms with Crippen LogP contribution in [0.4, 0.5) is 0 Å². The molecular weight excluding hydrogens is 546 g/mol. The first-order valence-electron chi connectivity index (χ1n) is 10.8. The van der Waals surface area contributed by atoms with Crippen LogP contribution in [-0.2, 0) is 4.79 Å². The normalized spacial score (nSPS) is 10.5. The second kappa shape index (κ2) is 13.1. The zero-order chi connectivity index (χ0) is 26.8. The number of benzene rings is 3. The molecule has 3 rings (SSSR count). The maximum atomic E-state index is 12.4. The Morgan fingerprint density at radius 3 is 2.11 bits per heavy atom. The van der Waals surface area contributed by atoms with E-state index in [1.165, 1.54) is 33.6 Å². The Bertz CT molecular complexity index is 1310. The van der Waals surface area contributed by atoms with Crippen molar-refractivity contribution in [3.63, 3.8) is 0 Å². The minimum atomic E-state index is -0.533. The van der Waals surface area contributed by atoms with Crippen LogP contribution in [0.3, 0.4) is 0 Å². The second-order valence-corrected chi connectivity index (χ2v) is 8.27. The quantitative estimate of drug-likeness (QED) is 0.165. The Morgan fingerprint density at radius 2 is 1.43 bits per heavy atom. The molecule has 0 atom stereocenters. The van der Waals surface area contributed by atoms with E-state index in [0.717, 1.165) is 4.47 Å². The molecule has 0 saturated carbocycles. The summed E-state index contributed by atoms with van der Waals surface area (Å²) in [6.07, 6.45) is 1.39. The van der Waals surface area contributed by atoms with Crippen molar-refractivity contribution >= 4 is 39.9 Å². The van der Waals surface area contributed by atoms with Gasteiger partial charge in [0.05, 0.1) is 39.7 Å². The van der Waals surface area contributed by atoms with E-state index in [1.54, 1.807) is 54.6 Å². The molecule has 0 aliphatic heterocycles. The fourth-order valence-corrected chi connectivity index (χ4v) is 3.32. The predicted molar refractivity (Wildman–Crippen MR) is 140 cm³/mol. The summed E-state index contributed by atoms with van der Waals surface area (Å²) in [6.45, 7) is -0.293. The minimum absolute atomic E-state index is 0.231. The number of esters is 1.